The van der Waals surface area contributed by atoms with Crippen molar-refractivity contribution in [3.8, 4) is 0 Å². The van der Waals surface area contributed by atoms with E-state index in [1.54, 1.807) is 0 Å². The van der Waals surface area contributed by atoms with E-state index in [-0.39, 0.29) is 5.38 Å². The van der Waals surface area contributed by atoms with E-state index in [9.17, 15) is 0 Å². The highest BCUT2D eigenvalue weighted by molar-refractivity contribution is 9.10. The van der Waals surface area contributed by atoms with Gasteiger partial charge >= 0.3 is 0 Å². The van der Waals surface area contributed by atoms with E-state index in [0.717, 1.165) is 10.9 Å². The van der Waals surface area contributed by atoms with Gasteiger partial charge in [-0.1, -0.05) is 48.3 Å². The van der Waals surface area contributed by atoms with E-state index in [2.05, 4.69) is 48.0 Å². The van der Waals surface area contributed by atoms with Crippen LogP contribution in [0.4, 0.5) is 0 Å². The van der Waals surface area contributed by atoms with E-state index in [0.29, 0.717) is 5.92 Å². The number of alkyl halides is 1. The van der Waals surface area contributed by atoms with E-state index < -0.39 is 0 Å². The zero-order chi connectivity index (χ0) is 11.3. The van der Waals surface area contributed by atoms with Crippen molar-refractivity contribution >= 4 is 27.5 Å². The Kier molecular flexibility index (Phi) is 5.70. The lowest BCUT2D eigenvalue weighted by atomic mass is 9.97. The zero-order valence-corrected chi connectivity index (χ0v) is 11.7. The van der Waals surface area contributed by atoms with Crippen molar-refractivity contribution in [3.05, 3.63) is 34.3 Å². The van der Waals surface area contributed by atoms with Gasteiger partial charge in [0.25, 0.3) is 0 Å². The van der Waals surface area contributed by atoms with Crippen molar-refractivity contribution in [2.75, 3.05) is 0 Å². The van der Waals surface area contributed by atoms with Gasteiger partial charge in [-0.15, -0.1) is 11.6 Å². The highest BCUT2D eigenvalue weighted by Gasteiger charge is 2.13. The second-order valence-corrected chi connectivity index (χ2v) is 5.59. The summed E-state index contributed by atoms with van der Waals surface area (Å²) in [7, 11) is 0. The molecular formula is C13H18BrCl. The van der Waals surface area contributed by atoms with Gasteiger partial charge in [-0.3, -0.25) is 0 Å². The molecule has 15 heavy (non-hydrogen) atoms. The van der Waals surface area contributed by atoms with Crippen LogP contribution in [0.3, 0.4) is 0 Å². The fourth-order valence-electron chi connectivity index (χ4n) is 1.73. The molecule has 1 aromatic carbocycles. The van der Waals surface area contributed by atoms with Gasteiger partial charge in [-0.25, -0.2) is 0 Å². The lowest BCUT2D eigenvalue weighted by Gasteiger charge is -2.17. The maximum Gasteiger partial charge on any atom is 0.0401 e. The Morgan fingerprint density at radius 1 is 1.40 bits per heavy atom. The number of hydrogen-bond acceptors (Lipinski definition) is 0. The minimum Gasteiger partial charge on any atom is -0.122 e. The van der Waals surface area contributed by atoms with E-state index in [1.807, 2.05) is 6.07 Å². The smallest absolute Gasteiger partial charge is 0.0401 e. The summed E-state index contributed by atoms with van der Waals surface area (Å²) < 4.78 is 1.13. The summed E-state index contributed by atoms with van der Waals surface area (Å²) in [6, 6.07) is 8.39. The molecule has 2 unspecified atom stereocenters. The second kappa shape index (κ2) is 6.55. The summed E-state index contributed by atoms with van der Waals surface area (Å²) in [6.07, 6.45) is 3.38. The zero-order valence-electron chi connectivity index (χ0n) is 9.34. The summed E-state index contributed by atoms with van der Waals surface area (Å²) in [4.78, 5) is 0. The lowest BCUT2D eigenvalue weighted by molar-refractivity contribution is 0.494. The maximum atomic E-state index is 6.38. The Labute approximate surface area is 106 Å². The lowest BCUT2D eigenvalue weighted by Crippen LogP contribution is -2.14. The van der Waals surface area contributed by atoms with Crippen molar-refractivity contribution < 1.29 is 0 Å². The molecule has 0 saturated carbocycles. The van der Waals surface area contributed by atoms with Gasteiger partial charge in [0.1, 0.15) is 0 Å². The number of halogens is 2. The van der Waals surface area contributed by atoms with Crippen LogP contribution < -0.4 is 0 Å². The Balaban J connectivity index is 2.54. The molecule has 0 fully saturated rings. The third kappa shape index (κ3) is 4.56. The monoisotopic (exact) mass is 288 g/mol. The summed E-state index contributed by atoms with van der Waals surface area (Å²) >= 11 is 9.86. The molecule has 0 aliphatic rings. The van der Waals surface area contributed by atoms with Gasteiger partial charge in [0.2, 0.25) is 0 Å². The molecule has 0 spiro atoms. The fourth-order valence-corrected chi connectivity index (χ4v) is 2.48. The largest absolute Gasteiger partial charge is 0.122 e. The average Bonchev–Trinajstić information content (AvgIpc) is 2.18. The first-order valence-corrected chi connectivity index (χ1v) is 6.75. The Hall–Kier alpha value is -0.0100. The number of rotatable bonds is 5. The van der Waals surface area contributed by atoms with Crippen LogP contribution in [0.25, 0.3) is 0 Å². The Morgan fingerprint density at radius 2 is 2.13 bits per heavy atom. The Morgan fingerprint density at radius 3 is 2.73 bits per heavy atom. The van der Waals surface area contributed by atoms with Gasteiger partial charge in [0, 0.05) is 9.85 Å². The SMILES string of the molecule is CCCC(C)C(Cl)Cc1cccc(Br)c1. The first-order chi connectivity index (χ1) is 7.13. The molecule has 0 aromatic heterocycles. The molecule has 0 aliphatic heterocycles. The molecule has 0 saturated heterocycles. The van der Waals surface area contributed by atoms with Crippen LogP contribution in [0.15, 0.2) is 28.7 Å². The van der Waals surface area contributed by atoms with Gasteiger partial charge in [-0.2, -0.15) is 0 Å². The molecule has 0 bridgehead atoms. The van der Waals surface area contributed by atoms with Crippen LogP contribution in [0, 0.1) is 5.92 Å². The summed E-state index contributed by atoms with van der Waals surface area (Å²) in [6.45, 7) is 4.44. The normalized spacial score (nSPS) is 14.9. The molecule has 0 amide bonds. The van der Waals surface area contributed by atoms with Crippen molar-refractivity contribution in [1.29, 1.82) is 0 Å². The predicted octanol–water partition coefficient (Wildman–Crippen LogP) is 5.04. The third-order valence-electron chi connectivity index (χ3n) is 2.68. The second-order valence-electron chi connectivity index (χ2n) is 4.12. The van der Waals surface area contributed by atoms with Crippen LogP contribution in [0.1, 0.15) is 32.3 Å². The first-order valence-electron chi connectivity index (χ1n) is 5.52. The Bertz CT molecular complexity index is 298. The fraction of sp³-hybridized carbons (Fsp3) is 0.538. The first kappa shape index (κ1) is 13.1. The summed E-state index contributed by atoms with van der Waals surface area (Å²) in [5.41, 5.74) is 1.31. The van der Waals surface area contributed by atoms with Crippen molar-refractivity contribution in [3.63, 3.8) is 0 Å². The standard InChI is InChI=1S/C13H18BrCl/c1-3-5-10(2)13(15)9-11-6-4-7-12(14)8-11/h4,6-8,10,13H,3,5,9H2,1-2H3. The van der Waals surface area contributed by atoms with E-state index in [4.69, 9.17) is 11.6 Å². The quantitative estimate of drug-likeness (QED) is 0.667. The minimum atomic E-state index is 0.249. The molecule has 1 aromatic rings. The van der Waals surface area contributed by atoms with Crippen molar-refractivity contribution in [2.45, 2.75) is 38.5 Å². The molecular weight excluding hydrogens is 272 g/mol. The molecule has 0 radical (unpaired) electrons. The molecule has 2 atom stereocenters. The molecule has 0 N–H and O–H groups in total. The van der Waals surface area contributed by atoms with E-state index >= 15 is 0 Å². The summed E-state index contributed by atoms with van der Waals surface area (Å²) in [5.74, 6) is 0.593. The van der Waals surface area contributed by atoms with E-state index in [1.165, 1.54) is 18.4 Å². The average molecular weight is 290 g/mol. The highest BCUT2D eigenvalue weighted by atomic mass is 79.9. The number of hydrogen-bond donors (Lipinski definition) is 0. The summed E-state index contributed by atoms with van der Waals surface area (Å²) in [5, 5.41) is 0.249. The van der Waals surface area contributed by atoms with Crippen LogP contribution in [0.2, 0.25) is 0 Å². The van der Waals surface area contributed by atoms with Crippen LogP contribution >= 0.6 is 27.5 Å². The topological polar surface area (TPSA) is 0 Å². The van der Waals surface area contributed by atoms with Crippen molar-refractivity contribution in [2.24, 2.45) is 5.92 Å². The molecule has 84 valence electrons. The van der Waals surface area contributed by atoms with Crippen LogP contribution in [-0.4, -0.2) is 5.38 Å². The molecule has 2 heteroatoms. The van der Waals surface area contributed by atoms with Gasteiger partial charge < -0.3 is 0 Å². The molecule has 0 heterocycles. The van der Waals surface area contributed by atoms with Gasteiger partial charge in [0.15, 0.2) is 0 Å². The maximum absolute atomic E-state index is 6.38. The molecule has 0 aliphatic carbocycles. The minimum absolute atomic E-state index is 0.249. The van der Waals surface area contributed by atoms with Gasteiger partial charge in [-0.05, 0) is 36.5 Å². The van der Waals surface area contributed by atoms with Gasteiger partial charge in [0.05, 0.1) is 0 Å². The highest BCUT2D eigenvalue weighted by Crippen LogP contribution is 2.21. The third-order valence-corrected chi connectivity index (χ3v) is 3.76. The predicted molar refractivity (Wildman–Crippen MR) is 71.6 cm³/mol. The van der Waals surface area contributed by atoms with Crippen LogP contribution in [-0.2, 0) is 6.42 Å². The van der Waals surface area contributed by atoms with Crippen molar-refractivity contribution in [1.82, 2.24) is 0 Å². The van der Waals surface area contributed by atoms with Crippen LogP contribution in [0.5, 0.6) is 0 Å². The molecule has 0 nitrogen and oxygen atoms in total. The molecule has 1 rings (SSSR count). The number of benzene rings is 1.